The fourth-order valence-electron chi connectivity index (χ4n) is 4.72. The smallest absolute Gasteiger partial charge is 0.744 e. The van der Waals surface area contributed by atoms with Gasteiger partial charge in [-0.1, -0.05) is 7.43 Å². The van der Waals surface area contributed by atoms with Gasteiger partial charge in [0, 0.05) is 23.0 Å². The summed E-state index contributed by atoms with van der Waals surface area (Å²) in [6, 6.07) is 14.4. The molecule has 0 atom stereocenters. The number of nitrogens with one attached hydrogen (secondary N) is 2. The summed E-state index contributed by atoms with van der Waals surface area (Å²) in [5.41, 5.74) is 9.17. The summed E-state index contributed by atoms with van der Waals surface area (Å²) >= 11 is 0.160. The van der Waals surface area contributed by atoms with Crippen LogP contribution >= 0.6 is 12.3 Å². The van der Waals surface area contributed by atoms with Crippen LogP contribution in [-0.4, -0.2) is 62.6 Å². The van der Waals surface area contributed by atoms with Gasteiger partial charge in [0.25, 0.3) is 5.91 Å². The van der Waals surface area contributed by atoms with E-state index in [0.29, 0.717) is 12.1 Å². The quantitative estimate of drug-likeness (QED) is 0.00655. The van der Waals surface area contributed by atoms with Crippen LogP contribution in [0.1, 0.15) is 17.8 Å². The van der Waals surface area contributed by atoms with E-state index in [1.807, 2.05) is 0 Å². The molecule has 0 aliphatic rings. The van der Waals surface area contributed by atoms with Gasteiger partial charge in [0.05, 0.1) is 44.1 Å². The van der Waals surface area contributed by atoms with Crippen LogP contribution in [0.25, 0.3) is 0 Å². The number of nitrogens with two attached hydrogens (primary N) is 2. The number of anilines is 5. The molecular formula is C32H27F2N10Na3O13S4. The SMILES string of the molecule is C.Nc1c(N=Nc2cc(Nc3cc(F)nc(F)n3)ccc2S(=O)(=O)[O-])cc(S(=O)(=O)[O-])c(N)c1N=Nc1ccc(C(=O)Nc2ccc(S(=O)(=O)CCOSOO[O-])cc2)cc1.[Na+].[Na+].[Na+]. The van der Waals surface area contributed by atoms with Crippen LogP contribution < -0.4 is 116 Å². The van der Waals surface area contributed by atoms with Gasteiger partial charge in [0.1, 0.15) is 43.1 Å². The fraction of sp³-hybridized carbons (Fsp3) is 0.0938. The van der Waals surface area contributed by atoms with Crippen LogP contribution in [-0.2, 0) is 43.6 Å². The summed E-state index contributed by atoms with van der Waals surface area (Å²) in [7, 11) is -14.4. The molecule has 5 aromatic rings. The molecule has 0 aliphatic heterocycles. The van der Waals surface area contributed by atoms with Gasteiger partial charge in [-0.15, -0.1) is 19.7 Å². The number of azo groups is 2. The predicted octanol–water partition coefficient (Wildman–Crippen LogP) is -4.22. The first-order valence-corrected chi connectivity index (χ1v) is 21.0. The minimum atomic E-state index is -5.36. The number of nitrogens with zero attached hydrogens (tertiary/aromatic N) is 6. The summed E-state index contributed by atoms with van der Waals surface area (Å²) in [6.07, 6.45) is -1.44. The van der Waals surface area contributed by atoms with Crippen LogP contribution in [0.2, 0.25) is 0 Å². The Bertz CT molecular complexity index is 2820. The molecule has 0 saturated carbocycles. The van der Waals surface area contributed by atoms with Crippen molar-refractivity contribution in [3.63, 3.8) is 0 Å². The second kappa shape index (κ2) is 25.7. The molecule has 0 radical (unpaired) electrons. The van der Waals surface area contributed by atoms with Crippen LogP contribution in [0.4, 0.5) is 60.1 Å². The van der Waals surface area contributed by atoms with Crippen LogP contribution in [0, 0.1) is 12.0 Å². The Hall–Kier alpha value is -3.15. The normalized spacial score (nSPS) is 11.5. The van der Waals surface area contributed by atoms with Crippen molar-refractivity contribution in [3.05, 3.63) is 96.5 Å². The second-order valence-electron chi connectivity index (χ2n) is 11.4. The molecule has 23 nitrogen and oxygen atoms in total. The number of hydrogen-bond acceptors (Lipinski definition) is 23. The molecular weight excluding hydrogens is 968 g/mol. The van der Waals surface area contributed by atoms with E-state index in [1.54, 1.807) is 0 Å². The first kappa shape index (κ1) is 58.9. The zero-order valence-corrected chi connectivity index (χ0v) is 41.7. The molecule has 6 N–H and O–H groups in total. The summed E-state index contributed by atoms with van der Waals surface area (Å²) in [5, 5.41) is 33.0. The second-order valence-corrected chi connectivity index (χ2v) is 16.7. The monoisotopic (exact) mass is 994 g/mol. The number of rotatable bonds is 17. The van der Waals surface area contributed by atoms with Crippen molar-refractivity contribution in [2.45, 2.75) is 22.1 Å². The summed E-state index contributed by atoms with van der Waals surface area (Å²) in [5.74, 6) is -2.74. The van der Waals surface area contributed by atoms with Crippen molar-refractivity contribution >= 4 is 99.6 Å². The maximum absolute atomic E-state index is 13.6. The van der Waals surface area contributed by atoms with E-state index < -0.39 is 97.8 Å². The minimum Gasteiger partial charge on any atom is -0.744 e. The first-order valence-electron chi connectivity index (χ1n) is 15.8. The summed E-state index contributed by atoms with van der Waals surface area (Å²) < 4.78 is 133. The third-order valence-electron chi connectivity index (χ3n) is 7.43. The molecule has 1 aromatic heterocycles. The van der Waals surface area contributed by atoms with Crippen molar-refractivity contribution in [3.8, 4) is 0 Å². The molecule has 324 valence electrons. The Morgan fingerprint density at radius 3 is 1.95 bits per heavy atom. The number of carbonyl (C=O) groups excluding carboxylic acids is 1. The van der Waals surface area contributed by atoms with Gasteiger partial charge in [0.15, 0.2) is 22.2 Å². The number of halogens is 2. The van der Waals surface area contributed by atoms with Gasteiger partial charge < -0.3 is 36.5 Å². The number of hydrogen-bond donors (Lipinski definition) is 4. The van der Waals surface area contributed by atoms with Crippen molar-refractivity contribution in [1.29, 1.82) is 0 Å². The molecule has 0 bridgehead atoms. The molecule has 64 heavy (non-hydrogen) atoms. The number of nitrogen functional groups attached to an aromatic ring is 2. The zero-order chi connectivity index (χ0) is 43.8. The Kier molecular flexibility index (Phi) is 23.6. The van der Waals surface area contributed by atoms with Crippen LogP contribution in [0.15, 0.2) is 114 Å². The molecule has 4 aromatic carbocycles. The summed E-state index contributed by atoms with van der Waals surface area (Å²) in [4.78, 5) is 16.9. The topological polar surface area (TPSA) is 368 Å². The molecule has 0 fully saturated rings. The zero-order valence-electron chi connectivity index (χ0n) is 32.5. The largest absolute Gasteiger partial charge is 1.00 e. The molecule has 0 spiro atoms. The van der Waals surface area contributed by atoms with Crippen molar-refractivity contribution in [2.75, 3.05) is 34.5 Å². The van der Waals surface area contributed by atoms with Gasteiger partial charge in [0.2, 0.25) is 5.95 Å². The Morgan fingerprint density at radius 2 is 1.36 bits per heavy atom. The Labute approximate surface area is 433 Å². The van der Waals surface area contributed by atoms with Gasteiger partial charge in [-0.25, -0.2) is 25.3 Å². The van der Waals surface area contributed by atoms with Gasteiger partial charge >= 0.3 is 94.8 Å². The minimum absolute atomic E-state index is 0. The number of sulfone groups is 1. The van der Waals surface area contributed by atoms with E-state index >= 15 is 0 Å². The Morgan fingerprint density at radius 1 is 0.750 bits per heavy atom. The van der Waals surface area contributed by atoms with Crippen molar-refractivity contribution in [1.82, 2.24) is 9.97 Å². The molecule has 0 saturated heterocycles. The van der Waals surface area contributed by atoms with E-state index in [0.717, 1.165) is 18.2 Å². The van der Waals surface area contributed by atoms with Gasteiger partial charge in [-0.3, -0.25) is 14.0 Å². The maximum atomic E-state index is 13.6. The standard InChI is InChI=1S/C31H26F2N10O13S4.CH4.3Na/c32-25-15-26(39-31(33)38-25)36-19-7-10-23(59(48,49)50)21(13-19)41-42-22-14-24(60(51,52)53)28(35)29(27(22)34)43-40-18-3-1-16(2-4-18)30(44)37-17-5-8-20(9-6-17)58(46,47)12-11-54-57-56-55-45;;;;/h1-10,13-15,45H,11-12,34-35H2,(H,37,44)(H,36,38,39)(H,48,49,50)(H,51,52,53);1H4;;;/q;;3*+1/p-3. The number of carbonyl (C=O) groups is 1. The number of amides is 1. The third kappa shape index (κ3) is 16.3. The van der Waals surface area contributed by atoms with Crippen molar-refractivity contribution in [2.24, 2.45) is 20.5 Å². The van der Waals surface area contributed by atoms with E-state index in [1.165, 1.54) is 48.5 Å². The maximum Gasteiger partial charge on any atom is 1.00 e. The average molecular weight is 995 g/mol. The number of benzene rings is 4. The molecule has 32 heteroatoms. The van der Waals surface area contributed by atoms with E-state index in [9.17, 15) is 53.2 Å². The molecule has 1 heterocycles. The van der Waals surface area contributed by atoms with Gasteiger partial charge in [-0.05, 0) is 72.8 Å². The molecule has 0 unspecified atom stereocenters. The van der Waals surface area contributed by atoms with Crippen LogP contribution in [0.5, 0.6) is 0 Å². The first-order chi connectivity index (χ1) is 28.2. The Balaban J connectivity index is 0.00000512. The molecule has 5 rings (SSSR count). The van der Waals surface area contributed by atoms with E-state index in [-0.39, 0.29) is 143 Å². The fourth-order valence-corrected chi connectivity index (χ4v) is 7.34. The van der Waals surface area contributed by atoms with E-state index in [4.69, 9.17) is 15.7 Å². The molecule has 0 aliphatic carbocycles. The van der Waals surface area contributed by atoms with E-state index in [2.05, 4.69) is 50.4 Å². The molecule has 1 amide bonds. The number of aromatic nitrogens is 2. The van der Waals surface area contributed by atoms with Crippen molar-refractivity contribution < 1.29 is 155 Å². The predicted molar refractivity (Wildman–Crippen MR) is 207 cm³/mol. The van der Waals surface area contributed by atoms with Crippen LogP contribution in [0.3, 0.4) is 0 Å². The van der Waals surface area contributed by atoms with Gasteiger partial charge in [-0.2, -0.15) is 23.9 Å². The third-order valence-corrected chi connectivity index (χ3v) is 11.3. The average Bonchev–Trinajstić information content (AvgIpc) is 3.16. The summed E-state index contributed by atoms with van der Waals surface area (Å²) in [6.45, 7) is -0.326.